The van der Waals surface area contributed by atoms with E-state index in [1.165, 1.54) is 41.5 Å². The smallest absolute Gasteiger partial charge is 0.118 e. The van der Waals surface area contributed by atoms with Gasteiger partial charge in [-0.3, -0.25) is 4.90 Å². The van der Waals surface area contributed by atoms with Gasteiger partial charge in [0.05, 0.1) is 20.0 Å². The van der Waals surface area contributed by atoms with Gasteiger partial charge >= 0.3 is 0 Å². The number of nitrogens with zero attached hydrogens (tertiary/aromatic N) is 1. The summed E-state index contributed by atoms with van der Waals surface area (Å²) in [5.74, 6) is 1.63. The minimum absolute atomic E-state index is 0.460. The van der Waals surface area contributed by atoms with Gasteiger partial charge in [-0.2, -0.15) is 0 Å². The number of hydrogen-bond donors (Lipinski definition) is 0. The van der Waals surface area contributed by atoms with Gasteiger partial charge in [-0.1, -0.05) is 56.0 Å². The Morgan fingerprint density at radius 1 is 1.00 bits per heavy atom. The molecule has 2 aromatic rings. The molecule has 0 aliphatic heterocycles. The summed E-state index contributed by atoms with van der Waals surface area (Å²) in [6, 6.07) is 16.1. The SMILES string of the molecule is C=C(CCCCN(CCc1ccccc1C)C1CCCCc2cc(C(=C)OC)ccc21)OC. The highest BCUT2D eigenvalue weighted by Gasteiger charge is 2.25. The van der Waals surface area contributed by atoms with E-state index in [4.69, 9.17) is 9.47 Å². The average molecular weight is 448 g/mol. The lowest BCUT2D eigenvalue weighted by molar-refractivity contribution is 0.183. The first-order valence-corrected chi connectivity index (χ1v) is 12.4. The van der Waals surface area contributed by atoms with Crippen molar-refractivity contribution < 1.29 is 9.47 Å². The largest absolute Gasteiger partial charge is 0.502 e. The molecule has 0 bridgehead atoms. The van der Waals surface area contributed by atoms with Crippen LogP contribution in [0.1, 0.15) is 72.4 Å². The van der Waals surface area contributed by atoms with Crippen molar-refractivity contribution in [1.29, 1.82) is 0 Å². The van der Waals surface area contributed by atoms with Crippen molar-refractivity contribution in [3.05, 3.63) is 89.2 Å². The third-order valence-corrected chi connectivity index (χ3v) is 7.05. The summed E-state index contributed by atoms with van der Waals surface area (Å²) in [6.07, 6.45) is 9.15. The molecular formula is C30H41NO2. The Hall–Kier alpha value is -2.52. The number of hydrogen-bond acceptors (Lipinski definition) is 3. The Morgan fingerprint density at radius 2 is 1.82 bits per heavy atom. The average Bonchev–Trinajstić information content (AvgIpc) is 3.05. The minimum atomic E-state index is 0.460. The number of ether oxygens (including phenoxy) is 2. The number of aryl methyl sites for hydroxylation is 2. The zero-order chi connectivity index (χ0) is 23.6. The van der Waals surface area contributed by atoms with Crippen LogP contribution in [-0.2, 0) is 22.3 Å². The van der Waals surface area contributed by atoms with E-state index in [9.17, 15) is 0 Å². The Bertz CT molecular complexity index is 933. The molecule has 33 heavy (non-hydrogen) atoms. The fourth-order valence-corrected chi connectivity index (χ4v) is 4.94. The van der Waals surface area contributed by atoms with Crippen molar-refractivity contribution >= 4 is 5.76 Å². The maximum Gasteiger partial charge on any atom is 0.118 e. The van der Waals surface area contributed by atoms with E-state index >= 15 is 0 Å². The standard InChI is InChI=1S/C30H41NO2/c1-23-12-6-7-14-26(23)19-21-31(20-11-10-13-24(2)32-4)30-16-9-8-15-28-22-27(25(3)33-5)17-18-29(28)30/h6-7,12,14,17-18,22,30H,2-3,8-11,13,15-16,19-21H2,1,4-5H3. The lowest BCUT2D eigenvalue weighted by Gasteiger charge is -2.33. The fraction of sp³-hybridized carbons (Fsp3) is 0.467. The number of fused-ring (bicyclic) bond motifs is 1. The van der Waals surface area contributed by atoms with E-state index in [0.29, 0.717) is 6.04 Å². The summed E-state index contributed by atoms with van der Waals surface area (Å²) >= 11 is 0. The number of allylic oxidation sites excluding steroid dienone is 1. The molecule has 3 rings (SSSR count). The lowest BCUT2D eigenvalue weighted by atomic mass is 9.94. The second-order valence-electron chi connectivity index (χ2n) is 9.21. The predicted octanol–water partition coefficient (Wildman–Crippen LogP) is 7.25. The van der Waals surface area contributed by atoms with Crippen LogP contribution in [0.25, 0.3) is 5.76 Å². The molecule has 2 aromatic carbocycles. The first kappa shape index (κ1) is 25.1. The normalized spacial score (nSPS) is 15.6. The van der Waals surface area contributed by atoms with Crippen molar-refractivity contribution in [3.63, 3.8) is 0 Å². The van der Waals surface area contributed by atoms with E-state index < -0.39 is 0 Å². The number of unbranched alkanes of at least 4 members (excludes halogenated alkanes) is 1. The molecule has 1 aliphatic carbocycles. The molecule has 0 N–H and O–H groups in total. The van der Waals surface area contributed by atoms with Gasteiger partial charge in [0.15, 0.2) is 0 Å². The summed E-state index contributed by atoms with van der Waals surface area (Å²) in [5.41, 5.74) is 6.89. The summed E-state index contributed by atoms with van der Waals surface area (Å²) in [4.78, 5) is 2.73. The van der Waals surface area contributed by atoms with Crippen LogP contribution in [0.15, 0.2) is 61.4 Å². The highest BCUT2D eigenvalue weighted by Crippen LogP contribution is 2.35. The quantitative estimate of drug-likeness (QED) is 0.194. The number of benzene rings is 2. The topological polar surface area (TPSA) is 21.7 Å². The second-order valence-corrected chi connectivity index (χ2v) is 9.21. The van der Waals surface area contributed by atoms with Crippen molar-refractivity contribution in [2.75, 3.05) is 27.3 Å². The third-order valence-electron chi connectivity index (χ3n) is 7.05. The Morgan fingerprint density at radius 3 is 2.58 bits per heavy atom. The van der Waals surface area contributed by atoms with Crippen LogP contribution in [0, 0.1) is 6.92 Å². The number of rotatable bonds is 12. The minimum Gasteiger partial charge on any atom is -0.502 e. The van der Waals surface area contributed by atoms with Crippen LogP contribution in [0.3, 0.4) is 0 Å². The maximum absolute atomic E-state index is 5.40. The third kappa shape index (κ3) is 6.98. The van der Waals surface area contributed by atoms with Gasteiger partial charge < -0.3 is 9.47 Å². The summed E-state index contributed by atoms with van der Waals surface area (Å²) in [5, 5.41) is 0. The first-order chi connectivity index (χ1) is 16.0. The Kier molecular flexibility index (Phi) is 9.62. The van der Waals surface area contributed by atoms with Crippen molar-refractivity contribution in [1.82, 2.24) is 4.90 Å². The molecular weight excluding hydrogens is 406 g/mol. The molecule has 3 nitrogen and oxygen atoms in total. The lowest BCUT2D eigenvalue weighted by Crippen LogP contribution is -2.32. The van der Waals surface area contributed by atoms with Gasteiger partial charge in [0.25, 0.3) is 0 Å². The van der Waals surface area contributed by atoms with Gasteiger partial charge in [-0.25, -0.2) is 0 Å². The molecule has 0 spiro atoms. The molecule has 0 saturated heterocycles. The van der Waals surface area contributed by atoms with Crippen LogP contribution in [0.5, 0.6) is 0 Å². The van der Waals surface area contributed by atoms with Gasteiger partial charge in [0, 0.05) is 24.6 Å². The van der Waals surface area contributed by atoms with Crippen molar-refractivity contribution in [2.24, 2.45) is 0 Å². The maximum atomic E-state index is 5.40. The first-order valence-electron chi connectivity index (χ1n) is 12.4. The van der Waals surface area contributed by atoms with E-state index in [2.05, 4.69) is 67.4 Å². The van der Waals surface area contributed by atoms with E-state index in [1.54, 1.807) is 14.2 Å². The van der Waals surface area contributed by atoms with Crippen LogP contribution < -0.4 is 0 Å². The molecule has 0 fully saturated rings. The summed E-state index contributed by atoms with van der Waals surface area (Å²) in [7, 11) is 3.41. The molecule has 178 valence electrons. The van der Waals surface area contributed by atoms with Gasteiger partial charge in [-0.05, 0) is 80.3 Å². The fourth-order valence-electron chi connectivity index (χ4n) is 4.94. The molecule has 0 heterocycles. The van der Waals surface area contributed by atoms with E-state index in [-0.39, 0.29) is 0 Å². The molecule has 1 atom stereocenters. The molecule has 3 heteroatoms. The summed E-state index contributed by atoms with van der Waals surface area (Å²) in [6.45, 7) is 12.4. The zero-order valence-corrected chi connectivity index (χ0v) is 20.9. The van der Waals surface area contributed by atoms with E-state index in [1.807, 2.05) is 0 Å². The van der Waals surface area contributed by atoms with Crippen LogP contribution >= 0.6 is 0 Å². The number of methoxy groups -OCH3 is 2. The Balaban J connectivity index is 1.81. The molecule has 0 radical (unpaired) electrons. The highest BCUT2D eigenvalue weighted by molar-refractivity contribution is 5.59. The zero-order valence-electron chi connectivity index (χ0n) is 20.9. The monoisotopic (exact) mass is 447 g/mol. The predicted molar refractivity (Wildman–Crippen MR) is 139 cm³/mol. The second kappa shape index (κ2) is 12.6. The molecule has 1 unspecified atom stereocenters. The van der Waals surface area contributed by atoms with Crippen LogP contribution in [-0.4, -0.2) is 32.2 Å². The van der Waals surface area contributed by atoms with E-state index in [0.717, 1.165) is 62.3 Å². The Labute approximate surface area is 201 Å². The van der Waals surface area contributed by atoms with Gasteiger partial charge in [0.2, 0.25) is 0 Å². The summed E-state index contributed by atoms with van der Waals surface area (Å²) < 4.78 is 10.7. The molecule has 0 amide bonds. The molecule has 0 aromatic heterocycles. The van der Waals surface area contributed by atoms with Crippen LogP contribution in [0.4, 0.5) is 0 Å². The molecule has 1 aliphatic rings. The van der Waals surface area contributed by atoms with Crippen molar-refractivity contribution in [2.45, 2.75) is 64.3 Å². The highest BCUT2D eigenvalue weighted by atomic mass is 16.5. The van der Waals surface area contributed by atoms with Gasteiger partial charge in [0.1, 0.15) is 5.76 Å². The van der Waals surface area contributed by atoms with Gasteiger partial charge in [-0.15, -0.1) is 0 Å². The van der Waals surface area contributed by atoms with Crippen LogP contribution in [0.2, 0.25) is 0 Å². The van der Waals surface area contributed by atoms with Crippen molar-refractivity contribution in [3.8, 4) is 0 Å². The molecule has 0 saturated carbocycles.